The van der Waals surface area contributed by atoms with Crippen LogP contribution in [0, 0.1) is 0 Å². The normalized spacial score (nSPS) is 20.7. The van der Waals surface area contributed by atoms with Crippen LogP contribution >= 0.6 is 11.8 Å². The second-order valence-electron chi connectivity index (χ2n) is 3.97. The monoisotopic (exact) mass is 239 g/mol. The number of aryl methyl sites for hydroxylation is 1. The predicted molar refractivity (Wildman–Crippen MR) is 66.7 cm³/mol. The Balaban J connectivity index is 1.95. The van der Waals surface area contributed by atoms with E-state index in [1.165, 1.54) is 6.42 Å². The highest BCUT2D eigenvalue weighted by atomic mass is 32.2. The number of hydrogen-bond acceptors (Lipinski definition) is 3. The largest absolute Gasteiger partial charge is 0.310 e. The minimum atomic E-state index is 0.113. The van der Waals surface area contributed by atoms with Gasteiger partial charge in [0.25, 0.3) is 0 Å². The SMILES string of the molecule is CCc1cn[nH]c1NC(=O)C1CCCCS1. The third-order valence-corrected chi connectivity index (χ3v) is 4.20. The molecule has 5 heteroatoms. The van der Waals surface area contributed by atoms with E-state index in [0.717, 1.165) is 36.4 Å². The summed E-state index contributed by atoms with van der Waals surface area (Å²) in [6, 6.07) is 0. The molecule has 0 aromatic carbocycles. The summed E-state index contributed by atoms with van der Waals surface area (Å²) in [5.74, 6) is 1.98. The van der Waals surface area contributed by atoms with E-state index in [0.29, 0.717) is 0 Å². The number of nitrogens with one attached hydrogen (secondary N) is 2. The van der Waals surface area contributed by atoms with Crippen LogP contribution in [-0.4, -0.2) is 27.1 Å². The molecule has 4 nitrogen and oxygen atoms in total. The zero-order valence-electron chi connectivity index (χ0n) is 9.45. The van der Waals surface area contributed by atoms with Gasteiger partial charge in [0.1, 0.15) is 5.82 Å². The minimum Gasteiger partial charge on any atom is -0.310 e. The van der Waals surface area contributed by atoms with Crippen LogP contribution in [-0.2, 0) is 11.2 Å². The van der Waals surface area contributed by atoms with Gasteiger partial charge in [-0.15, -0.1) is 11.8 Å². The molecule has 2 heterocycles. The number of anilines is 1. The molecule has 0 aliphatic carbocycles. The third kappa shape index (κ3) is 2.58. The standard InChI is InChI=1S/C11H17N3OS/c1-2-8-7-12-14-10(8)13-11(15)9-5-3-4-6-16-9/h7,9H,2-6H2,1H3,(H2,12,13,14,15). The van der Waals surface area contributed by atoms with Crippen molar-refractivity contribution in [1.29, 1.82) is 0 Å². The van der Waals surface area contributed by atoms with Crippen molar-refractivity contribution in [1.82, 2.24) is 10.2 Å². The Morgan fingerprint density at radius 2 is 2.56 bits per heavy atom. The van der Waals surface area contributed by atoms with Crippen LogP contribution in [0.2, 0.25) is 0 Å². The number of thioether (sulfide) groups is 1. The van der Waals surface area contributed by atoms with Crippen LogP contribution in [0.25, 0.3) is 0 Å². The summed E-state index contributed by atoms with van der Waals surface area (Å²) >= 11 is 1.76. The van der Waals surface area contributed by atoms with Crippen LogP contribution in [0.15, 0.2) is 6.20 Å². The van der Waals surface area contributed by atoms with Gasteiger partial charge in [0.05, 0.1) is 11.4 Å². The summed E-state index contributed by atoms with van der Waals surface area (Å²) in [4.78, 5) is 12.0. The molecule has 1 aromatic heterocycles. The van der Waals surface area contributed by atoms with Crippen molar-refractivity contribution in [2.45, 2.75) is 37.9 Å². The summed E-state index contributed by atoms with van der Waals surface area (Å²) < 4.78 is 0. The minimum absolute atomic E-state index is 0.113. The maximum Gasteiger partial charge on any atom is 0.238 e. The fourth-order valence-electron chi connectivity index (χ4n) is 1.84. The number of aromatic amines is 1. The quantitative estimate of drug-likeness (QED) is 0.850. The van der Waals surface area contributed by atoms with Crippen LogP contribution < -0.4 is 5.32 Å². The Morgan fingerprint density at radius 3 is 3.25 bits per heavy atom. The highest BCUT2D eigenvalue weighted by Crippen LogP contribution is 2.26. The van der Waals surface area contributed by atoms with Crippen LogP contribution in [0.1, 0.15) is 31.7 Å². The summed E-state index contributed by atoms with van der Waals surface area (Å²) in [6.07, 6.45) is 6.03. The van der Waals surface area contributed by atoms with E-state index in [1.54, 1.807) is 18.0 Å². The number of carbonyl (C=O) groups is 1. The van der Waals surface area contributed by atoms with Crippen molar-refractivity contribution >= 4 is 23.5 Å². The van der Waals surface area contributed by atoms with E-state index in [4.69, 9.17) is 0 Å². The number of rotatable bonds is 3. The molecule has 0 radical (unpaired) electrons. The molecule has 1 amide bonds. The van der Waals surface area contributed by atoms with Crippen LogP contribution in [0.4, 0.5) is 5.82 Å². The first kappa shape index (κ1) is 11.5. The number of carbonyl (C=O) groups excluding carboxylic acids is 1. The first-order valence-corrected chi connectivity index (χ1v) is 6.81. The van der Waals surface area contributed by atoms with Crippen molar-refractivity contribution in [2.75, 3.05) is 11.1 Å². The molecule has 1 saturated heterocycles. The van der Waals surface area contributed by atoms with Gasteiger partial charge in [0.15, 0.2) is 0 Å². The van der Waals surface area contributed by atoms with E-state index in [2.05, 4.69) is 22.4 Å². The van der Waals surface area contributed by atoms with Gasteiger partial charge < -0.3 is 5.32 Å². The van der Waals surface area contributed by atoms with Gasteiger partial charge in [-0.3, -0.25) is 9.89 Å². The first-order valence-electron chi connectivity index (χ1n) is 5.76. The number of aromatic nitrogens is 2. The topological polar surface area (TPSA) is 57.8 Å². The molecule has 88 valence electrons. The lowest BCUT2D eigenvalue weighted by Crippen LogP contribution is -2.28. The summed E-state index contributed by atoms with van der Waals surface area (Å²) in [6.45, 7) is 2.05. The molecular formula is C11H17N3OS. The van der Waals surface area contributed by atoms with Crippen molar-refractivity contribution in [3.05, 3.63) is 11.8 Å². The van der Waals surface area contributed by atoms with Gasteiger partial charge in [-0.05, 0) is 25.0 Å². The summed E-state index contributed by atoms with van der Waals surface area (Å²) in [7, 11) is 0. The van der Waals surface area contributed by atoms with Gasteiger partial charge in [-0.2, -0.15) is 5.10 Å². The summed E-state index contributed by atoms with van der Waals surface area (Å²) in [5.41, 5.74) is 1.06. The number of H-pyrrole nitrogens is 1. The number of nitrogens with zero attached hydrogens (tertiary/aromatic N) is 1. The average molecular weight is 239 g/mol. The lowest BCUT2D eigenvalue weighted by molar-refractivity contribution is -0.115. The van der Waals surface area contributed by atoms with Gasteiger partial charge >= 0.3 is 0 Å². The van der Waals surface area contributed by atoms with E-state index >= 15 is 0 Å². The lowest BCUT2D eigenvalue weighted by Gasteiger charge is -2.20. The van der Waals surface area contributed by atoms with E-state index < -0.39 is 0 Å². The van der Waals surface area contributed by atoms with Crippen LogP contribution in [0.5, 0.6) is 0 Å². The molecule has 0 saturated carbocycles. The first-order chi connectivity index (χ1) is 7.81. The molecule has 0 spiro atoms. The highest BCUT2D eigenvalue weighted by Gasteiger charge is 2.22. The smallest absolute Gasteiger partial charge is 0.238 e. The lowest BCUT2D eigenvalue weighted by atomic mass is 10.2. The molecule has 2 rings (SSSR count). The zero-order chi connectivity index (χ0) is 11.4. The van der Waals surface area contributed by atoms with Crippen molar-refractivity contribution in [3.63, 3.8) is 0 Å². The molecule has 16 heavy (non-hydrogen) atoms. The molecule has 1 atom stereocenters. The Kier molecular flexibility index (Phi) is 3.88. The Labute approximate surface area is 99.6 Å². The Bertz CT molecular complexity index is 358. The van der Waals surface area contributed by atoms with Crippen LogP contribution in [0.3, 0.4) is 0 Å². The van der Waals surface area contributed by atoms with Crippen molar-refractivity contribution < 1.29 is 4.79 Å². The molecule has 1 fully saturated rings. The molecule has 2 N–H and O–H groups in total. The average Bonchev–Trinajstić information content (AvgIpc) is 2.77. The Hall–Kier alpha value is -0.970. The molecule has 1 unspecified atom stereocenters. The van der Waals surface area contributed by atoms with Gasteiger partial charge in [-0.1, -0.05) is 13.3 Å². The van der Waals surface area contributed by atoms with E-state index in [9.17, 15) is 4.79 Å². The Morgan fingerprint density at radius 1 is 1.69 bits per heavy atom. The van der Waals surface area contributed by atoms with Crippen molar-refractivity contribution in [2.24, 2.45) is 0 Å². The summed E-state index contributed by atoms with van der Waals surface area (Å²) in [5, 5.41) is 9.83. The van der Waals surface area contributed by atoms with Gasteiger partial charge in [0.2, 0.25) is 5.91 Å². The fourth-order valence-corrected chi connectivity index (χ4v) is 3.04. The number of amides is 1. The maximum absolute atomic E-state index is 12.0. The fraction of sp³-hybridized carbons (Fsp3) is 0.636. The van der Waals surface area contributed by atoms with Gasteiger partial charge in [0, 0.05) is 5.56 Å². The molecule has 1 aliphatic rings. The molecule has 1 aliphatic heterocycles. The van der Waals surface area contributed by atoms with Crippen molar-refractivity contribution in [3.8, 4) is 0 Å². The van der Waals surface area contributed by atoms with Gasteiger partial charge in [-0.25, -0.2) is 0 Å². The highest BCUT2D eigenvalue weighted by molar-refractivity contribution is 8.00. The van der Waals surface area contributed by atoms with E-state index in [1.807, 2.05) is 0 Å². The maximum atomic E-state index is 12.0. The molecule has 1 aromatic rings. The third-order valence-electron chi connectivity index (χ3n) is 2.82. The van der Waals surface area contributed by atoms with E-state index in [-0.39, 0.29) is 11.2 Å². The zero-order valence-corrected chi connectivity index (χ0v) is 10.3. The molecule has 0 bridgehead atoms. The molecular weight excluding hydrogens is 222 g/mol. The second kappa shape index (κ2) is 5.39. The number of hydrogen-bond donors (Lipinski definition) is 2. The second-order valence-corrected chi connectivity index (χ2v) is 5.28. The predicted octanol–water partition coefficient (Wildman–Crippen LogP) is 2.20.